The number of hydrazone groups is 1. The first-order chi connectivity index (χ1) is 13.7. The van der Waals surface area contributed by atoms with Gasteiger partial charge in [-0.25, -0.2) is 0 Å². The van der Waals surface area contributed by atoms with Gasteiger partial charge < -0.3 is 15.2 Å². The van der Waals surface area contributed by atoms with Gasteiger partial charge in [-0.2, -0.15) is 5.10 Å². The van der Waals surface area contributed by atoms with Gasteiger partial charge >= 0.3 is 0 Å². The molecule has 0 spiro atoms. The minimum absolute atomic E-state index is 0.103. The quantitative estimate of drug-likeness (QED) is 0.662. The lowest BCUT2D eigenvalue weighted by Gasteiger charge is -2.24. The summed E-state index contributed by atoms with van der Waals surface area (Å²) in [5.41, 5.74) is 11.0. The summed E-state index contributed by atoms with van der Waals surface area (Å²) < 4.78 is 10.6. The summed E-state index contributed by atoms with van der Waals surface area (Å²) in [4.78, 5) is 0. The van der Waals surface area contributed by atoms with Crippen molar-refractivity contribution in [3.63, 3.8) is 0 Å². The van der Waals surface area contributed by atoms with E-state index in [1.54, 1.807) is 14.2 Å². The third-order valence-corrected chi connectivity index (χ3v) is 4.99. The van der Waals surface area contributed by atoms with E-state index in [-0.39, 0.29) is 6.04 Å². The van der Waals surface area contributed by atoms with Crippen LogP contribution in [0, 0.1) is 0 Å². The van der Waals surface area contributed by atoms with Crippen LogP contribution in [0.5, 0.6) is 11.5 Å². The molecule has 0 saturated carbocycles. The highest BCUT2D eigenvalue weighted by atomic mass is 16.5. The Balaban J connectivity index is 1.71. The number of ether oxygens (including phenoxy) is 2. The molecule has 1 unspecified atom stereocenters. The van der Waals surface area contributed by atoms with Gasteiger partial charge in [0.25, 0.3) is 0 Å². The Labute approximate surface area is 165 Å². The molecule has 5 heteroatoms. The third kappa shape index (κ3) is 3.51. The van der Waals surface area contributed by atoms with Gasteiger partial charge in [0.15, 0.2) is 0 Å². The highest BCUT2D eigenvalue weighted by Gasteiger charge is 2.30. The number of nitrogens with two attached hydrogens (primary N) is 1. The number of methoxy groups -OCH3 is 2. The third-order valence-electron chi connectivity index (χ3n) is 4.99. The summed E-state index contributed by atoms with van der Waals surface area (Å²) in [5.74, 6) is 1.66. The molecule has 0 fully saturated rings. The maximum absolute atomic E-state index is 5.88. The molecule has 4 rings (SSSR count). The molecule has 2 N–H and O–H groups in total. The normalized spacial score (nSPS) is 16.0. The van der Waals surface area contributed by atoms with E-state index in [2.05, 4.69) is 29.3 Å². The Hall–Kier alpha value is -3.47. The van der Waals surface area contributed by atoms with E-state index in [0.29, 0.717) is 0 Å². The predicted molar refractivity (Wildman–Crippen MR) is 113 cm³/mol. The summed E-state index contributed by atoms with van der Waals surface area (Å²) in [6, 6.07) is 24.1. The van der Waals surface area contributed by atoms with Crippen LogP contribution in [0.3, 0.4) is 0 Å². The summed E-state index contributed by atoms with van der Waals surface area (Å²) in [5, 5.41) is 7.03. The second kappa shape index (κ2) is 7.64. The minimum atomic E-state index is 0.103. The van der Waals surface area contributed by atoms with Gasteiger partial charge in [0.05, 0.1) is 31.7 Å². The number of hydrogen-bond donors (Lipinski definition) is 1. The van der Waals surface area contributed by atoms with Gasteiger partial charge in [-0.05, 0) is 71.8 Å². The van der Waals surface area contributed by atoms with Crippen LogP contribution in [0.25, 0.3) is 0 Å². The van der Waals surface area contributed by atoms with E-state index in [1.165, 1.54) is 5.56 Å². The lowest BCUT2D eigenvalue weighted by molar-refractivity contribution is 0.414. The van der Waals surface area contributed by atoms with Crippen molar-refractivity contribution >= 4 is 17.1 Å². The molecule has 0 aliphatic carbocycles. The fourth-order valence-electron chi connectivity index (χ4n) is 3.42. The van der Waals surface area contributed by atoms with E-state index in [1.807, 2.05) is 48.5 Å². The molecule has 3 aromatic rings. The maximum Gasteiger partial charge on any atom is 0.119 e. The lowest BCUT2D eigenvalue weighted by Crippen LogP contribution is -2.18. The monoisotopic (exact) mass is 373 g/mol. The summed E-state index contributed by atoms with van der Waals surface area (Å²) in [6.07, 6.45) is 0.808. The van der Waals surface area contributed by atoms with E-state index in [0.717, 1.165) is 40.6 Å². The van der Waals surface area contributed by atoms with Crippen molar-refractivity contribution in [1.82, 2.24) is 0 Å². The van der Waals surface area contributed by atoms with Crippen LogP contribution in [0.1, 0.15) is 23.6 Å². The van der Waals surface area contributed by atoms with E-state index in [9.17, 15) is 0 Å². The standard InChI is InChI=1S/C23H23N3O2/c1-27-20-11-5-16(6-12-20)22-15-23(17-3-7-18(24)8-4-17)26(25-22)19-9-13-21(28-2)14-10-19/h3-14,23H,15,24H2,1-2H3. The highest BCUT2D eigenvalue weighted by molar-refractivity contribution is 6.03. The first kappa shape index (κ1) is 17.9. The van der Waals surface area contributed by atoms with Gasteiger partial charge in [0.1, 0.15) is 11.5 Å². The molecule has 0 saturated heterocycles. The molecular formula is C23H23N3O2. The van der Waals surface area contributed by atoms with Gasteiger partial charge in [-0.1, -0.05) is 12.1 Å². The topological polar surface area (TPSA) is 60.1 Å². The van der Waals surface area contributed by atoms with Gasteiger partial charge in [0.2, 0.25) is 0 Å². The summed E-state index contributed by atoms with van der Waals surface area (Å²) in [6.45, 7) is 0. The number of anilines is 2. The van der Waals surface area contributed by atoms with Crippen molar-refractivity contribution in [2.45, 2.75) is 12.5 Å². The highest BCUT2D eigenvalue weighted by Crippen LogP contribution is 2.37. The van der Waals surface area contributed by atoms with Gasteiger partial charge in [-0.15, -0.1) is 0 Å². The molecule has 0 radical (unpaired) electrons. The summed E-state index contributed by atoms with van der Waals surface area (Å²) in [7, 11) is 3.34. The second-order valence-corrected chi connectivity index (χ2v) is 6.70. The Morgan fingerprint density at radius 1 is 0.821 bits per heavy atom. The largest absolute Gasteiger partial charge is 0.497 e. The number of rotatable bonds is 5. The molecule has 0 amide bonds. The number of nitrogens with zero attached hydrogens (tertiary/aromatic N) is 2. The van der Waals surface area contributed by atoms with Crippen LogP contribution in [-0.4, -0.2) is 19.9 Å². The fourth-order valence-corrected chi connectivity index (χ4v) is 3.42. The zero-order chi connectivity index (χ0) is 19.5. The van der Waals surface area contributed by atoms with Crippen molar-refractivity contribution < 1.29 is 9.47 Å². The Morgan fingerprint density at radius 2 is 1.39 bits per heavy atom. The molecule has 142 valence electrons. The van der Waals surface area contributed by atoms with E-state index in [4.69, 9.17) is 20.3 Å². The second-order valence-electron chi connectivity index (χ2n) is 6.70. The molecule has 28 heavy (non-hydrogen) atoms. The van der Waals surface area contributed by atoms with Crippen molar-refractivity contribution in [3.05, 3.63) is 83.9 Å². The van der Waals surface area contributed by atoms with Crippen LogP contribution in [-0.2, 0) is 0 Å². The van der Waals surface area contributed by atoms with Crippen molar-refractivity contribution in [2.75, 3.05) is 25.0 Å². The number of hydrogen-bond acceptors (Lipinski definition) is 5. The van der Waals surface area contributed by atoms with Crippen LogP contribution < -0.4 is 20.2 Å². The van der Waals surface area contributed by atoms with Gasteiger partial charge in [-0.3, -0.25) is 5.01 Å². The average molecular weight is 373 g/mol. The Kier molecular flexibility index (Phi) is 4.89. The molecule has 0 aromatic heterocycles. The van der Waals surface area contributed by atoms with Crippen molar-refractivity contribution in [3.8, 4) is 11.5 Å². The lowest BCUT2D eigenvalue weighted by atomic mass is 9.98. The summed E-state index contributed by atoms with van der Waals surface area (Å²) >= 11 is 0. The molecule has 1 heterocycles. The Morgan fingerprint density at radius 3 is 1.96 bits per heavy atom. The fraction of sp³-hybridized carbons (Fsp3) is 0.174. The smallest absolute Gasteiger partial charge is 0.119 e. The van der Waals surface area contributed by atoms with Crippen molar-refractivity contribution in [2.24, 2.45) is 5.10 Å². The zero-order valence-corrected chi connectivity index (χ0v) is 16.0. The van der Waals surface area contributed by atoms with E-state index < -0.39 is 0 Å². The Bertz CT molecular complexity index is 964. The van der Waals surface area contributed by atoms with Crippen molar-refractivity contribution in [1.29, 1.82) is 0 Å². The molecule has 5 nitrogen and oxygen atoms in total. The van der Waals surface area contributed by atoms with Gasteiger partial charge in [0, 0.05) is 12.1 Å². The van der Waals surface area contributed by atoms with Crippen LogP contribution in [0.2, 0.25) is 0 Å². The number of nitrogen functional groups attached to an aromatic ring is 1. The molecule has 1 aliphatic heterocycles. The molecule has 0 bridgehead atoms. The first-order valence-electron chi connectivity index (χ1n) is 9.18. The SMILES string of the molecule is COc1ccc(C2=NN(c3ccc(OC)cc3)C(c3ccc(N)cc3)C2)cc1. The predicted octanol–water partition coefficient (Wildman–Crippen LogP) is 4.64. The minimum Gasteiger partial charge on any atom is -0.497 e. The zero-order valence-electron chi connectivity index (χ0n) is 16.0. The maximum atomic E-state index is 5.88. The first-order valence-corrected chi connectivity index (χ1v) is 9.18. The van der Waals surface area contributed by atoms with Crippen LogP contribution >= 0.6 is 0 Å². The van der Waals surface area contributed by atoms with E-state index >= 15 is 0 Å². The van der Waals surface area contributed by atoms with Crippen LogP contribution in [0.4, 0.5) is 11.4 Å². The molecule has 3 aromatic carbocycles. The molecule has 1 atom stereocenters. The van der Waals surface area contributed by atoms with Crippen LogP contribution in [0.15, 0.2) is 77.9 Å². The molecule has 1 aliphatic rings. The average Bonchev–Trinajstić information content (AvgIpc) is 3.20. The number of benzene rings is 3. The molecular weight excluding hydrogens is 350 g/mol.